The van der Waals surface area contributed by atoms with Crippen LogP contribution >= 0.6 is 0 Å². The second-order valence-electron chi connectivity index (χ2n) is 6.37. The second-order valence-corrected chi connectivity index (χ2v) is 6.37. The van der Waals surface area contributed by atoms with E-state index in [1.807, 2.05) is 12.1 Å². The van der Waals surface area contributed by atoms with Crippen molar-refractivity contribution in [3.05, 3.63) is 42.5 Å². The Morgan fingerprint density at radius 1 is 1.48 bits per heavy atom. The molecule has 4 rings (SSSR count). The molecule has 1 spiro atoms. The predicted molar refractivity (Wildman–Crippen MR) is 79.2 cm³/mol. The summed E-state index contributed by atoms with van der Waals surface area (Å²) in [5, 5.41) is 9.96. The van der Waals surface area contributed by atoms with E-state index in [0.29, 0.717) is 12.2 Å². The highest BCUT2D eigenvalue weighted by Gasteiger charge is 2.52. The van der Waals surface area contributed by atoms with Crippen molar-refractivity contribution >= 4 is 0 Å². The van der Waals surface area contributed by atoms with Crippen LogP contribution in [0.4, 0.5) is 0 Å². The zero-order chi connectivity index (χ0) is 14.6. The van der Waals surface area contributed by atoms with E-state index < -0.39 is 6.10 Å². The minimum Gasteiger partial charge on any atom is -0.486 e. The van der Waals surface area contributed by atoms with Gasteiger partial charge >= 0.3 is 0 Å². The first kappa shape index (κ1) is 13.2. The first-order valence-electron chi connectivity index (χ1n) is 7.45. The van der Waals surface area contributed by atoms with Crippen LogP contribution in [0, 0.1) is 7.11 Å². The summed E-state index contributed by atoms with van der Waals surface area (Å²) in [5.41, 5.74) is 2.39. The Kier molecular flexibility index (Phi) is 2.81. The molecule has 1 aliphatic carbocycles. The van der Waals surface area contributed by atoms with Crippen LogP contribution in [0.3, 0.4) is 0 Å². The van der Waals surface area contributed by atoms with Crippen LogP contribution in [0.15, 0.2) is 24.3 Å². The quantitative estimate of drug-likeness (QED) is 0.802. The molecule has 0 amide bonds. The molecule has 0 saturated carbocycles. The molecular weight excluding hydrogens is 266 g/mol. The van der Waals surface area contributed by atoms with E-state index in [2.05, 4.69) is 31.2 Å². The number of ether oxygens (including phenoxy) is 2. The lowest BCUT2D eigenvalue weighted by molar-refractivity contribution is 0.0824. The Morgan fingerprint density at radius 2 is 2.33 bits per heavy atom. The normalized spacial score (nSPS) is 33.9. The maximum atomic E-state index is 9.96. The van der Waals surface area contributed by atoms with Crippen LogP contribution in [0.1, 0.15) is 24.0 Å². The number of aliphatic hydroxyl groups is 1. The standard InChI is InChI=1S/C17H20NO3/c1-18-8-7-17-6-5-12(19)9-14(17)21-16-13(20-2)4-3-11(10-18)15(16)17/h3-6,12,14,19H,2,7-10H2,1H3/t12-,14-,17-/m0/s1. The zero-order valence-electron chi connectivity index (χ0n) is 12.2. The van der Waals surface area contributed by atoms with Gasteiger partial charge in [-0.1, -0.05) is 18.2 Å². The molecule has 4 heteroatoms. The number of nitrogens with zero attached hydrogens (tertiary/aromatic N) is 1. The third-order valence-corrected chi connectivity index (χ3v) is 5.08. The molecule has 3 aliphatic rings. The highest BCUT2D eigenvalue weighted by molar-refractivity contribution is 5.61. The summed E-state index contributed by atoms with van der Waals surface area (Å²) >= 11 is 0. The summed E-state index contributed by atoms with van der Waals surface area (Å²) in [7, 11) is 5.69. The molecule has 2 aliphatic heterocycles. The molecule has 0 unspecified atom stereocenters. The number of benzene rings is 1. The lowest BCUT2D eigenvalue weighted by Crippen LogP contribution is -2.42. The molecule has 3 atom stereocenters. The largest absolute Gasteiger partial charge is 0.486 e. The van der Waals surface area contributed by atoms with Gasteiger partial charge in [0.25, 0.3) is 0 Å². The predicted octanol–water partition coefficient (Wildman–Crippen LogP) is 2.01. The molecule has 1 radical (unpaired) electrons. The van der Waals surface area contributed by atoms with Crippen molar-refractivity contribution in [2.24, 2.45) is 0 Å². The van der Waals surface area contributed by atoms with Crippen LogP contribution in [-0.2, 0) is 12.0 Å². The van der Waals surface area contributed by atoms with Gasteiger partial charge in [0.1, 0.15) is 13.2 Å². The van der Waals surface area contributed by atoms with Crippen molar-refractivity contribution in [1.82, 2.24) is 4.90 Å². The van der Waals surface area contributed by atoms with E-state index in [-0.39, 0.29) is 11.5 Å². The molecule has 21 heavy (non-hydrogen) atoms. The first-order chi connectivity index (χ1) is 10.1. The number of hydrogen-bond donors (Lipinski definition) is 1. The highest BCUT2D eigenvalue weighted by Crippen LogP contribution is 2.55. The number of aliphatic hydroxyl groups excluding tert-OH is 1. The summed E-state index contributed by atoms with van der Waals surface area (Å²) in [6.07, 6.45) is 5.26. The van der Waals surface area contributed by atoms with Gasteiger partial charge in [-0.05, 0) is 31.6 Å². The summed E-state index contributed by atoms with van der Waals surface area (Å²) in [6, 6.07) is 4.05. The van der Waals surface area contributed by atoms with E-state index in [9.17, 15) is 5.11 Å². The van der Waals surface area contributed by atoms with E-state index in [4.69, 9.17) is 9.47 Å². The first-order valence-corrected chi connectivity index (χ1v) is 7.45. The monoisotopic (exact) mass is 286 g/mol. The third-order valence-electron chi connectivity index (χ3n) is 5.08. The van der Waals surface area contributed by atoms with E-state index >= 15 is 0 Å². The lowest BCUT2D eigenvalue weighted by Gasteiger charge is -2.35. The molecule has 0 bridgehead atoms. The van der Waals surface area contributed by atoms with Gasteiger partial charge in [-0.2, -0.15) is 0 Å². The molecule has 0 aromatic heterocycles. The van der Waals surface area contributed by atoms with Gasteiger partial charge < -0.3 is 19.5 Å². The molecule has 1 aromatic carbocycles. The minimum atomic E-state index is -0.427. The summed E-state index contributed by atoms with van der Waals surface area (Å²) in [5.74, 6) is 1.51. The maximum Gasteiger partial charge on any atom is 0.166 e. The van der Waals surface area contributed by atoms with Gasteiger partial charge in [-0.15, -0.1) is 0 Å². The summed E-state index contributed by atoms with van der Waals surface area (Å²) in [6.45, 7) is 1.92. The fourth-order valence-corrected chi connectivity index (χ4v) is 4.03. The average molecular weight is 286 g/mol. The zero-order valence-corrected chi connectivity index (χ0v) is 12.2. The summed E-state index contributed by atoms with van der Waals surface area (Å²) < 4.78 is 11.5. The van der Waals surface area contributed by atoms with Gasteiger partial charge in [0.05, 0.1) is 11.5 Å². The Labute approximate surface area is 125 Å². The Bertz CT molecular complexity index is 612. The molecule has 0 fully saturated rings. The van der Waals surface area contributed by atoms with Crippen molar-refractivity contribution in [3.63, 3.8) is 0 Å². The van der Waals surface area contributed by atoms with Crippen LogP contribution in [0.25, 0.3) is 0 Å². The number of rotatable bonds is 1. The Hall–Kier alpha value is -1.52. The number of hydrogen-bond acceptors (Lipinski definition) is 4. The van der Waals surface area contributed by atoms with Gasteiger partial charge in [-0.3, -0.25) is 0 Å². The van der Waals surface area contributed by atoms with Crippen LogP contribution in [0.5, 0.6) is 11.5 Å². The minimum absolute atomic E-state index is 0.0194. The second kappa shape index (κ2) is 4.49. The van der Waals surface area contributed by atoms with Crippen molar-refractivity contribution in [2.45, 2.75) is 37.0 Å². The fourth-order valence-electron chi connectivity index (χ4n) is 4.03. The molecule has 2 heterocycles. The Balaban J connectivity index is 1.95. The van der Waals surface area contributed by atoms with Crippen LogP contribution < -0.4 is 9.47 Å². The van der Waals surface area contributed by atoms with Crippen molar-refractivity contribution in [3.8, 4) is 11.5 Å². The lowest BCUT2D eigenvalue weighted by atomic mass is 9.69. The fraction of sp³-hybridized carbons (Fsp3) is 0.471. The Morgan fingerprint density at radius 3 is 3.14 bits per heavy atom. The SMILES string of the molecule is [CH2]Oc1ccc2c3c1O[C@H]1C[C@@H](O)C=C[C@@]31CCN(C)C2. The van der Waals surface area contributed by atoms with Gasteiger partial charge in [0.15, 0.2) is 11.5 Å². The molecule has 111 valence electrons. The van der Waals surface area contributed by atoms with E-state index in [0.717, 1.165) is 25.3 Å². The summed E-state index contributed by atoms with van der Waals surface area (Å²) in [4.78, 5) is 2.34. The van der Waals surface area contributed by atoms with Crippen LogP contribution in [-0.4, -0.2) is 35.8 Å². The van der Waals surface area contributed by atoms with Gasteiger partial charge in [0, 0.05) is 18.5 Å². The smallest absolute Gasteiger partial charge is 0.166 e. The van der Waals surface area contributed by atoms with Gasteiger partial charge in [0.2, 0.25) is 0 Å². The van der Waals surface area contributed by atoms with Crippen molar-refractivity contribution in [2.75, 3.05) is 13.6 Å². The molecule has 1 N–H and O–H groups in total. The van der Waals surface area contributed by atoms with Gasteiger partial charge in [-0.25, -0.2) is 0 Å². The topological polar surface area (TPSA) is 41.9 Å². The highest BCUT2D eigenvalue weighted by atomic mass is 16.5. The third kappa shape index (κ3) is 1.75. The van der Waals surface area contributed by atoms with Crippen LogP contribution in [0.2, 0.25) is 0 Å². The molecule has 0 saturated heterocycles. The molecule has 4 nitrogen and oxygen atoms in total. The van der Waals surface area contributed by atoms with Crippen molar-refractivity contribution < 1.29 is 14.6 Å². The average Bonchev–Trinajstić information content (AvgIpc) is 2.72. The van der Waals surface area contributed by atoms with E-state index in [1.165, 1.54) is 11.1 Å². The van der Waals surface area contributed by atoms with E-state index in [1.54, 1.807) is 0 Å². The molecular formula is C17H20NO3. The maximum absolute atomic E-state index is 9.96. The van der Waals surface area contributed by atoms with Crippen molar-refractivity contribution in [1.29, 1.82) is 0 Å². The molecule has 1 aromatic rings.